The number of rotatable bonds is 8. The molecule has 3 aromatic carbocycles. The van der Waals surface area contributed by atoms with Crippen molar-refractivity contribution in [1.29, 1.82) is 0 Å². The first-order valence-corrected chi connectivity index (χ1v) is 12.9. The van der Waals surface area contributed by atoms with Crippen molar-refractivity contribution in [2.45, 2.75) is 30.6 Å². The van der Waals surface area contributed by atoms with Gasteiger partial charge in [-0.05, 0) is 48.9 Å². The third-order valence-electron chi connectivity index (χ3n) is 5.66. The number of amides is 1. The first kappa shape index (κ1) is 28.4. The highest BCUT2D eigenvalue weighted by Crippen LogP contribution is 2.32. The van der Waals surface area contributed by atoms with E-state index >= 15 is 0 Å². The van der Waals surface area contributed by atoms with E-state index in [4.69, 9.17) is 23.2 Å². The largest absolute Gasteiger partial charge is 0.416 e. The lowest BCUT2D eigenvalue weighted by Crippen LogP contribution is -2.25. The van der Waals surface area contributed by atoms with Crippen LogP contribution in [0.3, 0.4) is 0 Å². The molecule has 0 unspecified atom stereocenters. The summed E-state index contributed by atoms with van der Waals surface area (Å²) in [5.74, 6) is 0.0650. The number of aromatic nitrogens is 3. The molecule has 0 atom stereocenters. The van der Waals surface area contributed by atoms with Gasteiger partial charge in [0.15, 0.2) is 11.0 Å². The van der Waals surface area contributed by atoms with E-state index in [1.807, 2.05) is 0 Å². The van der Waals surface area contributed by atoms with Gasteiger partial charge in [0.2, 0.25) is 0 Å². The molecule has 8 nitrogen and oxygen atoms in total. The highest BCUT2D eigenvalue weighted by molar-refractivity contribution is 7.98. The number of nitro benzene ring substituents is 1. The molecular formula is C25H18Cl2F3N5O3S. The molecule has 202 valence electrons. The zero-order valence-corrected chi connectivity index (χ0v) is 22.3. The van der Waals surface area contributed by atoms with Crippen LogP contribution in [0.15, 0.2) is 65.8 Å². The van der Waals surface area contributed by atoms with Gasteiger partial charge in [0, 0.05) is 22.9 Å². The first-order valence-electron chi connectivity index (χ1n) is 11.2. The number of benzene rings is 3. The predicted octanol–water partition coefficient (Wildman–Crippen LogP) is 7.03. The van der Waals surface area contributed by atoms with E-state index in [1.165, 1.54) is 49.0 Å². The third kappa shape index (κ3) is 6.52. The van der Waals surface area contributed by atoms with Crippen LogP contribution in [-0.4, -0.2) is 25.6 Å². The Labute approximate surface area is 234 Å². The monoisotopic (exact) mass is 595 g/mol. The van der Waals surface area contributed by atoms with Crippen LogP contribution in [0.1, 0.15) is 32.9 Å². The molecule has 0 saturated carbocycles. The molecule has 0 saturated heterocycles. The zero-order valence-electron chi connectivity index (χ0n) is 20.0. The van der Waals surface area contributed by atoms with Gasteiger partial charge in [-0.25, -0.2) is 0 Å². The van der Waals surface area contributed by atoms with E-state index in [9.17, 15) is 28.1 Å². The van der Waals surface area contributed by atoms with Crippen LogP contribution in [0.25, 0.3) is 5.69 Å². The summed E-state index contributed by atoms with van der Waals surface area (Å²) in [6.45, 7) is 1.40. The molecule has 4 aromatic rings. The maximum absolute atomic E-state index is 12.9. The van der Waals surface area contributed by atoms with E-state index < -0.39 is 22.6 Å². The molecule has 39 heavy (non-hydrogen) atoms. The fourth-order valence-electron chi connectivity index (χ4n) is 3.65. The molecule has 0 fully saturated rings. The number of nitrogens with zero attached hydrogens (tertiary/aromatic N) is 4. The van der Waals surface area contributed by atoms with Crippen molar-refractivity contribution in [3.8, 4) is 5.69 Å². The molecule has 0 aliphatic rings. The van der Waals surface area contributed by atoms with E-state index in [0.717, 1.165) is 12.1 Å². The van der Waals surface area contributed by atoms with Gasteiger partial charge in [-0.15, -0.1) is 10.2 Å². The Balaban J connectivity index is 1.59. The number of hydrogen-bond donors (Lipinski definition) is 1. The lowest BCUT2D eigenvalue weighted by molar-refractivity contribution is -0.385. The number of halogens is 5. The van der Waals surface area contributed by atoms with E-state index in [-0.39, 0.29) is 34.1 Å². The summed E-state index contributed by atoms with van der Waals surface area (Å²) in [7, 11) is 0. The van der Waals surface area contributed by atoms with Gasteiger partial charge in [0.1, 0.15) is 0 Å². The minimum atomic E-state index is -4.43. The first-order chi connectivity index (χ1) is 18.5. The van der Waals surface area contributed by atoms with Gasteiger partial charge in [-0.3, -0.25) is 19.5 Å². The number of carbonyl (C=O) groups is 1. The number of nitro groups is 1. The minimum absolute atomic E-state index is 0.0882. The molecule has 0 radical (unpaired) electrons. The Bertz CT molecular complexity index is 1550. The number of carbonyl (C=O) groups excluding carboxylic acids is 1. The number of alkyl halides is 3. The van der Waals surface area contributed by atoms with Gasteiger partial charge in [0.05, 0.1) is 32.8 Å². The average Bonchev–Trinajstić information content (AvgIpc) is 3.30. The molecule has 0 bridgehead atoms. The Morgan fingerprint density at radius 2 is 1.79 bits per heavy atom. The van der Waals surface area contributed by atoms with E-state index in [2.05, 4.69) is 15.5 Å². The van der Waals surface area contributed by atoms with Gasteiger partial charge < -0.3 is 5.32 Å². The smallest absolute Gasteiger partial charge is 0.345 e. The third-order valence-corrected chi connectivity index (χ3v) is 7.40. The van der Waals surface area contributed by atoms with Crippen LogP contribution in [0.4, 0.5) is 18.9 Å². The van der Waals surface area contributed by atoms with E-state index in [1.54, 1.807) is 22.8 Å². The summed E-state index contributed by atoms with van der Waals surface area (Å²) in [4.78, 5) is 23.5. The van der Waals surface area contributed by atoms with Crippen molar-refractivity contribution in [1.82, 2.24) is 20.1 Å². The lowest BCUT2D eigenvalue weighted by Gasteiger charge is -2.13. The SMILES string of the molecule is Cc1c(C(=O)NCc2nnc(SCc3ccc(C(F)(F)F)cc3)n2-c2ccc(Cl)c(Cl)c2)cccc1[N+](=O)[O-]. The van der Waals surface area contributed by atoms with Gasteiger partial charge in [-0.2, -0.15) is 13.2 Å². The van der Waals surface area contributed by atoms with Crippen molar-refractivity contribution in [2.75, 3.05) is 0 Å². The second kappa shape index (κ2) is 11.6. The highest BCUT2D eigenvalue weighted by Gasteiger charge is 2.30. The lowest BCUT2D eigenvalue weighted by atomic mass is 10.1. The predicted molar refractivity (Wildman–Crippen MR) is 141 cm³/mol. The van der Waals surface area contributed by atoms with Crippen LogP contribution in [0.5, 0.6) is 0 Å². The summed E-state index contributed by atoms with van der Waals surface area (Å²) < 4.78 is 40.3. The van der Waals surface area contributed by atoms with Crippen molar-refractivity contribution < 1.29 is 22.9 Å². The van der Waals surface area contributed by atoms with Crippen LogP contribution < -0.4 is 5.32 Å². The van der Waals surface area contributed by atoms with E-state index in [0.29, 0.717) is 27.3 Å². The molecule has 4 rings (SSSR count). The average molecular weight is 596 g/mol. The van der Waals surface area contributed by atoms with Crippen molar-refractivity contribution in [3.05, 3.63) is 109 Å². The van der Waals surface area contributed by atoms with Crippen LogP contribution in [0, 0.1) is 17.0 Å². The molecule has 0 aliphatic carbocycles. The second-order valence-corrected chi connectivity index (χ2v) is 9.96. The molecule has 0 spiro atoms. The zero-order chi connectivity index (χ0) is 28.3. The molecule has 14 heteroatoms. The quantitative estimate of drug-likeness (QED) is 0.133. The molecule has 1 N–H and O–H groups in total. The highest BCUT2D eigenvalue weighted by atomic mass is 35.5. The fraction of sp³-hybridized carbons (Fsp3) is 0.160. The minimum Gasteiger partial charge on any atom is -0.345 e. The van der Waals surface area contributed by atoms with Gasteiger partial charge in [0.25, 0.3) is 11.6 Å². The topological polar surface area (TPSA) is 103 Å². The van der Waals surface area contributed by atoms with Crippen molar-refractivity contribution in [2.24, 2.45) is 0 Å². The Kier molecular flexibility index (Phi) is 8.48. The van der Waals surface area contributed by atoms with Gasteiger partial charge >= 0.3 is 6.18 Å². The normalized spacial score (nSPS) is 11.4. The molecule has 1 heterocycles. The van der Waals surface area contributed by atoms with Crippen LogP contribution >= 0.6 is 35.0 Å². The Morgan fingerprint density at radius 3 is 2.44 bits per heavy atom. The van der Waals surface area contributed by atoms with Crippen molar-refractivity contribution >= 4 is 46.6 Å². The number of hydrogen-bond acceptors (Lipinski definition) is 6. The van der Waals surface area contributed by atoms with Gasteiger partial charge in [-0.1, -0.05) is 53.2 Å². The van der Waals surface area contributed by atoms with Crippen LogP contribution in [-0.2, 0) is 18.5 Å². The standard InChI is InChI=1S/C25H18Cl2F3N5O3S/c1-14-18(3-2-4-21(14)35(37)38)23(36)31-12-22-32-33-24(34(22)17-9-10-19(26)20(27)11-17)39-13-15-5-7-16(8-6-15)25(28,29)30/h2-11H,12-13H2,1H3,(H,31,36). The molecular weight excluding hydrogens is 578 g/mol. The summed E-state index contributed by atoms with van der Waals surface area (Å²) in [5, 5.41) is 23.3. The summed E-state index contributed by atoms with van der Waals surface area (Å²) in [5.41, 5.74) is 0.615. The maximum Gasteiger partial charge on any atom is 0.416 e. The fourth-order valence-corrected chi connectivity index (χ4v) is 4.87. The molecule has 0 aliphatic heterocycles. The number of thioether (sulfide) groups is 1. The summed E-state index contributed by atoms with van der Waals surface area (Å²) in [6.07, 6.45) is -4.43. The molecule has 1 aromatic heterocycles. The maximum atomic E-state index is 12.9. The van der Waals surface area contributed by atoms with Crippen molar-refractivity contribution in [3.63, 3.8) is 0 Å². The Morgan fingerprint density at radius 1 is 1.08 bits per heavy atom. The second-order valence-electron chi connectivity index (χ2n) is 8.21. The van der Waals surface area contributed by atoms with Crippen LogP contribution in [0.2, 0.25) is 10.0 Å². The molecule has 1 amide bonds. The Hall–Kier alpha value is -3.61. The summed E-state index contributed by atoms with van der Waals surface area (Å²) >= 11 is 13.5. The summed E-state index contributed by atoms with van der Waals surface area (Å²) in [6, 6.07) is 13.9. The number of nitrogens with one attached hydrogen (secondary N) is 1.